The van der Waals surface area contributed by atoms with Gasteiger partial charge in [0.15, 0.2) is 0 Å². The molecule has 1 aromatic rings. The minimum absolute atomic E-state index is 0.0839. The number of halogens is 1. The van der Waals surface area contributed by atoms with Gasteiger partial charge in [0, 0.05) is 25.7 Å². The largest absolute Gasteiger partial charge is 0.326 e. The van der Waals surface area contributed by atoms with Crippen molar-refractivity contribution in [1.82, 2.24) is 9.80 Å². The van der Waals surface area contributed by atoms with Crippen LogP contribution in [0.15, 0.2) is 24.3 Å². The van der Waals surface area contributed by atoms with Gasteiger partial charge in [-0.15, -0.1) is 0 Å². The summed E-state index contributed by atoms with van der Waals surface area (Å²) < 4.78 is 12.7. The summed E-state index contributed by atoms with van der Waals surface area (Å²) in [6.45, 7) is 0.305. The third-order valence-electron chi connectivity index (χ3n) is 3.14. The Balaban J connectivity index is 1.76. The molecule has 112 valence electrons. The van der Waals surface area contributed by atoms with Gasteiger partial charge in [-0.3, -0.25) is 14.5 Å². The quantitative estimate of drug-likeness (QED) is 0.835. The molecule has 21 heavy (non-hydrogen) atoms. The van der Waals surface area contributed by atoms with E-state index in [9.17, 15) is 18.8 Å². The molecule has 0 radical (unpaired) electrons. The van der Waals surface area contributed by atoms with Gasteiger partial charge in [0.2, 0.25) is 11.8 Å². The van der Waals surface area contributed by atoms with Crippen LogP contribution in [0, 0.1) is 5.82 Å². The molecule has 1 saturated heterocycles. The SMILES string of the molecule is CN1CC(=O)N(CCCC(=O)Nc2ccc(F)cc2)C1=O. The molecule has 0 spiro atoms. The van der Waals surface area contributed by atoms with Crippen molar-refractivity contribution in [2.24, 2.45) is 0 Å². The maximum Gasteiger partial charge on any atom is 0.326 e. The summed E-state index contributed by atoms with van der Waals surface area (Å²) in [5.41, 5.74) is 0.509. The summed E-state index contributed by atoms with van der Waals surface area (Å²) in [6, 6.07) is 5.12. The van der Waals surface area contributed by atoms with E-state index < -0.39 is 0 Å². The predicted octanol–water partition coefficient (Wildman–Crippen LogP) is 1.44. The number of hydrogen-bond acceptors (Lipinski definition) is 3. The first kappa shape index (κ1) is 15.0. The standard InChI is InChI=1S/C14H16FN3O3/c1-17-9-13(20)18(14(17)21)8-2-3-12(19)16-11-6-4-10(15)5-7-11/h4-7H,2-3,8-9H2,1H3,(H,16,19). The third-order valence-corrected chi connectivity index (χ3v) is 3.14. The van der Waals surface area contributed by atoms with Crippen molar-refractivity contribution in [3.63, 3.8) is 0 Å². The van der Waals surface area contributed by atoms with Crippen LogP contribution in [-0.4, -0.2) is 47.8 Å². The van der Waals surface area contributed by atoms with E-state index in [0.29, 0.717) is 12.1 Å². The second-order valence-electron chi connectivity index (χ2n) is 4.84. The number of likely N-dealkylation sites (N-methyl/N-ethyl adjacent to an activating group) is 1. The molecule has 1 aliphatic heterocycles. The van der Waals surface area contributed by atoms with Crippen molar-refractivity contribution in [1.29, 1.82) is 0 Å². The van der Waals surface area contributed by atoms with E-state index in [2.05, 4.69) is 5.32 Å². The van der Waals surface area contributed by atoms with Crippen LogP contribution in [0.1, 0.15) is 12.8 Å². The molecule has 4 amide bonds. The van der Waals surface area contributed by atoms with E-state index in [4.69, 9.17) is 0 Å². The Morgan fingerprint density at radius 3 is 2.52 bits per heavy atom. The number of carbonyl (C=O) groups excluding carboxylic acids is 3. The fourth-order valence-electron chi connectivity index (χ4n) is 2.04. The lowest BCUT2D eigenvalue weighted by Gasteiger charge is -2.13. The minimum atomic E-state index is -0.372. The molecular weight excluding hydrogens is 277 g/mol. The van der Waals surface area contributed by atoms with Gasteiger partial charge in [-0.1, -0.05) is 0 Å². The van der Waals surface area contributed by atoms with Crippen LogP contribution >= 0.6 is 0 Å². The highest BCUT2D eigenvalue weighted by Crippen LogP contribution is 2.11. The molecule has 0 aliphatic carbocycles. The molecule has 0 unspecified atom stereocenters. The van der Waals surface area contributed by atoms with E-state index in [1.165, 1.54) is 29.2 Å². The monoisotopic (exact) mass is 293 g/mol. The summed E-state index contributed by atoms with van der Waals surface area (Å²) in [5.74, 6) is -0.862. The van der Waals surface area contributed by atoms with Crippen LogP contribution < -0.4 is 5.32 Å². The first-order chi connectivity index (χ1) is 9.97. The predicted molar refractivity (Wildman–Crippen MR) is 74.0 cm³/mol. The normalized spacial score (nSPS) is 14.8. The van der Waals surface area contributed by atoms with Crippen molar-refractivity contribution in [2.45, 2.75) is 12.8 Å². The van der Waals surface area contributed by atoms with Crippen LogP contribution in [0.3, 0.4) is 0 Å². The summed E-state index contributed by atoms with van der Waals surface area (Å²) >= 11 is 0. The van der Waals surface area contributed by atoms with Crippen LogP contribution in [0.4, 0.5) is 14.9 Å². The fraction of sp³-hybridized carbons (Fsp3) is 0.357. The summed E-state index contributed by atoms with van der Waals surface area (Å²) in [7, 11) is 1.56. The third kappa shape index (κ3) is 3.77. The van der Waals surface area contributed by atoms with Crippen molar-refractivity contribution < 1.29 is 18.8 Å². The van der Waals surface area contributed by atoms with E-state index in [1.807, 2.05) is 0 Å². The Morgan fingerprint density at radius 1 is 1.29 bits per heavy atom. The molecule has 1 heterocycles. The zero-order valence-electron chi connectivity index (χ0n) is 11.6. The molecule has 1 N–H and O–H groups in total. The van der Waals surface area contributed by atoms with Gasteiger partial charge in [0.25, 0.3) is 0 Å². The van der Waals surface area contributed by atoms with Crippen molar-refractivity contribution in [2.75, 3.05) is 25.5 Å². The van der Waals surface area contributed by atoms with Crippen LogP contribution in [0.25, 0.3) is 0 Å². The highest BCUT2D eigenvalue weighted by atomic mass is 19.1. The number of amides is 4. The maximum absolute atomic E-state index is 12.7. The van der Waals surface area contributed by atoms with Gasteiger partial charge in [-0.25, -0.2) is 9.18 Å². The summed E-state index contributed by atoms with van der Waals surface area (Å²) in [6.07, 6.45) is 0.566. The smallest absolute Gasteiger partial charge is 0.326 e. The summed E-state index contributed by atoms with van der Waals surface area (Å²) in [5, 5.41) is 2.62. The van der Waals surface area contributed by atoms with Crippen molar-refractivity contribution >= 4 is 23.5 Å². The van der Waals surface area contributed by atoms with Crippen LogP contribution in [0.2, 0.25) is 0 Å². The first-order valence-electron chi connectivity index (χ1n) is 6.58. The molecule has 0 saturated carbocycles. The summed E-state index contributed by atoms with van der Waals surface area (Å²) in [4.78, 5) is 37.3. The molecule has 7 heteroatoms. The molecule has 0 bridgehead atoms. The fourth-order valence-corrected chi connectivity index (χ4v) is 2.04. The second-order valence-corrected chi connectivity index (χ2v) is 4.84. The molecule has 0 aromatic heterocycles. The minimum Gasteiger partial charge on any atom is -0.326 e. The number of carbonyl (C=O) groups is 3. The zero-order valence-corrected chi connectivity index (χ0v) is 11.6. The molecule has 1 aliphatic rings. The average molecular weight is 293 g/mol. The first-order valence-corrected chi connectivity index (χ1v) is 6.58. The lowest BCUT2D eigenvalue weighted by atomic mass is 10.2. The molecule has 2 rings (SSSR count). The number of nitrogens with one attached hydrogen (secondary N) is 1. The maximum atomic E-state index is 12.7. The van der Waals surface area contributed by atoms with E-state index in [1.54, 1.807) is 7.05 Å². The van der Waals surface area contributed by atoms with Gasteiger partial charge in [-0.2, -0.15) is 0 Å². The highest BCUT2D eigenvalue weighted by molar-refractivity contribution is 6.01. The molecule has 0 atom stereocenters. The Kier molecular flexibility index (Phi) is 4.52. The van der Waals surface area contributed by atoms with Gasteiger partial charge in [0.1, 0.15) is 12.4 Å². The number of rotatable bonds is 5. The number of urea groups is 1. The lowest BCUT2D eigenvalue weighted by Crippen LogP contribution is -2.32. The molecule has 1 fully saturated rings. The number of benzene rings is 1. The van der Waals surface area contributed by atoms with Gasteiger partial charge in [-0.05, 0) is 30.7 Å². The van der Waals surface area contributed by atoms with Crippen molar-refractivity contribution in [3.05, 3.63) is 30.1 Å². The van der Waals surface area contributed by atoms with E-state index in [0.717, 1.165) is 4.90 Å². The topological polar surface area (TPSA) is 69.7 Å². The Bertz CT molecular complexity index is 559. The van der Waals surface area contributed by atoms with Gasteiger partial charge >= 0.3 is 6.03 Å². The zero-order chi connectivity index (χ0) is 15.4. The van der Waals surface area contributed by atoms with Crippen LogP contribution in [0.5, 0.6) is 0 Å². The number of anilines is 1. The molecule has 6 nitrogen and oxygen atoms in total. The van der Waals surface area contributed by atoms with Crippen molar-refractivity contribution in [3.8, 4) is 0 Å². The second kappa shape index (κ2) is 6.34. The van der Waals surface area contributed by atoms with Crippen LogP contribution in [-0.2, 0) is 9.59 Å². The average Bonchev–Trinajstić information content (AvgIpc) is 2.68. The Morgan fingerprint density at radius 2 is 1.95 bits per heavy atom. The lowest BCUT2D eigenvalue weighted by molar-refractivity contribution is -0.125. The number of nitrogens with zero attached hydrogens (tertiary/aromatic N) is 2. The Labute approximate surface area is 121 Å². The number of imide groups is 1. The molecular formula is C14H16FN3O3. The van der Waals surface area contributed by atoms with Gasteiger partial charge in [0.05, 0.1) is 0 Å². The number of hydrogen-bond donors (Lipinski definition) is 1. The Hall–Kier alpha value is -2.44. The van der Waals surface area contributed by atoms with E-state index >= 15 is 0 Å². The molecule has 1 aromatic carbocycles. The highest BCUT2D eigenvalue weighted by Gasteiger charge is 2.32. The van der Waals surface area contributed by atoms with Gasteiger partial charge < -0.3 is 10.2 Å². The van der Waals surface area contributed by atoms with E-state index in [-0.39, 0.29) is 43.2 Å².